The van der Waals surface area contributed by atoms with E-state index in [2.05, 4.69) is 65.7 Å². The standard InChI is InChI=1S/C27H33N3O2/c1-20(30-15-17-32-18-16-30)21-7-9-22(10-8-21)25-6-4-5-23-19-24(11-12-26(23)25)27(31)29(3)14-13-28-2/h4-12,19-20,28H,13-18H2,1-3H3. The Kier molecular flexibility index (Phi) is 7.20. The van der Waals surface area contributed by atoms with Gasteiger partial charge in [0.15, 0.2) is 0 Å². The van der Waals surface area contributed by atoms with E-state index in [-0.39, 0.29) is 5.91 Å². The summed E-state index contributed by atoms with van der Waals surface area (Å²) in [7, 11) is 3.74. The lowest BCUT2D eigenvalue weighted by Crippen LogP contribution is -2.37. The first-order valence-electron chi connectivity index (χ1n) is 11.4. The van der Waals surface area contributed by atoms with E-state index in [1.807, 2.05) is 26.2 Å². The van der Waals surface area contributed by atoms with E-state index in [0.717, 1.165) is 49.2 Å². The average molecular weight is 432 g/mol. The summed E-state index contributed by atoms with van der Waals surface area (Å²) in [5.41, 5.74) is 4.44. The molecule has 1 N–H and O–H groups in total. The molecule has 1 fully saturated rings. The van der Waals surface area contributed by atoms with Gasteiger partial charge in [-0.2, -0.15) is 0 Å². The Morgan fingerprint density at radius 2 is 1.84 bits per heavy atom. The molecular formula is C27H33N3O2. The van der Waals surface area contributed by atoms with Crippen LogP contribution in [-0.4, -0.2) is 69.2 Å². The molecule has 1 heterocycles. The number of likely N-dealkylation sites (N-methyl/N-ethyl adjacent to an activating group) is 2. The van der Waals surface area contributed by atoms with Crippen LogP contribution in [0, 0.1) is 0 Å². The molecule has 1 amide bonds. The van der Waals surface area contributed by atoms with Crippen molar-refractivity contribution >= 4 is 16.7 Å². The molecule has 3 aromatic rings. The van der Waals surface area contributed by atoms with E-state index in [9.17, 15) is 4.79 Å². The lowest BCUT2D eigenvalue weighted by atomic mass is 9.95. The van der Waals surface area contributed by atoms with Crippen LogP contribution in [0.5, 0.6) is 0 Å². The van der Waals surface area contributed by atoms with E-state index in [1.165, 1.54) is 16.7 Å². The molecule has 1 saturated heterocycles. The molecule has 0 aromatic heterocycles. The van der Waals surface area contributed by atoms with Gasteiger partial charge in [0.25, 0.3) is 5.91 Å². The van der Waals surface area contributed by atoms with Gasteiger partial charge >= 0.3 is 0 Å². The molecule has 1 unspecified atom stereocenters. The predicted octanol–water partition coefficient (Wildman–Crippen LogP) is 4.19. The van der Waals surface area contributed by atoms with Gasteiger partial charge in [0.2, 0.25) is 0 Å². The molecule has 5 nitrogen and oxygen atoms in total. The van der Waals surface area contributed by atoms with Crippen molar-refractivity contribution < 1.29 is 9.53 Å². The summed E-state index contributed by atoms with van der Waals surface area (Å²) < 4.78 is 5.49. The third-order valence-electron chi connectivity index (χ3n) is 6.47. The molecule has 3 aromatic carbocycles. The van der Waals surface area contributed by atoms with Gasteiger partial charge in [-0.3, -0.25) is 9.69 Å². The number of benzene rings is 3. The van der Waals surface area contributed by atoms with Crippen LogP contribution < -0.4 is 5.32 Å². The van der Waals surface area contributed by atoms with Gasteiger partial charge < -0.3 is 15.0 Å². The van der Waals surface area contributed by atoms with Crippen LogP contribution in [0.1, 0.15) is 28.9 Å². The second kappa shape index (κ2) is 10.3. The van der Waals surface area contributed by atoms with Crippen LogP contribution in [0.4, 0.5) is 0 Å². The number of hydrogen-bond acceptors (Lipinski definition) is 4. The highest BCUT2D eigenvalue weighted by Crippen LogP contribution is 2.31. The number of carbonyl (C=O) groups excluding carboxylic acids is 1. The minimum absolute atomic E-state index is 0.0500. The molecule has 5 heteroatoms. The van der Waals surface area contributed by atoms with Crippen LogP contribution in [0.3, 0.4) is 0 Å². The SMILES string of the molecule is CNCCN(C)C(=O)c1ccc2c(-c3ccc(C(C)N4CCOCC4)cc3)cccc2c1. The summed E-state index contributed by atoms with van der Waals surface area (Å²) in [6, 6.07) is 21.6. The fourth-order valence-corrected chi connectivity index (χ4v) is 4.39. The predicted molar refractivity (Wildman–Crippen MR) is 131 cm³/mol. The van der Waals surface area contributed by atoms with Gasteiger partial charge in [-0.15, -0.1) is 0 Å². The molecule has 1 atom stereocenters. The molecule has 4 rings (SSSR count). The molecule has 0 spiro atoms. The third kappa shape index (κ3) is 4.85. The number of morpholine rings is 1. The van der Waals surface area contributed by atoms with Gasteiger partial charge in [0.05, 0.1) is 13.2 Å². The normalized spacial score (nSPS) is 15.6. The Bertz CT molecular complexity index is 1060. The number of nitrogens with zero attached hydrogens (tertiary/aromatic N) is 2. The Labute approximate surface area is 191 Å². The minimum atomic E-state index is 0.0500. The molecule has 0 aliphatic carbocycles. The van der Waals surface area contributed by atoms with E-state index in [4.69, 9.17) is 4.74 Å². The van der Waals surface area contributed by atoms with Gasteiger partial charge in [-0.25, -0.2) is 0 Å². The van der Waals surface area contributed by atoms with E-state index in [1.54, 1.807) is 4.90 Å². The van der Waals surface area contributed by atoms with Crippen LogP contribution in [0.2, 0.25) is 0 Å². The summed E-state index contributed by atoms with van der Waals surface area (Å²) in [6.07, 6.45) is 0. The van der Waals surface area contributed by atoms with Crippen molar-refractivity contribution in [3.05, 3.63) is 71.8 Å². The van der Waals surface area contributed by atoms with Gasteiger partial charge in [-0.05, 0) is 53.6 Å². The topological polar surface area (TPSA) is 44.8 Å². The maximum Gasteiger partial charge on any atom is 0.253 e. The highest BCUT2D eigenvalue weighted by molar-refractivity contribution is 6.02. The van der Waals surface area contributed by atoms with Crippen molar-refractivity contribution in [3.8, 4) is 11.1 Å². The zero-order chi connectivity index (χ0) is 22.5. The summed E-state index contributed by atoms with van der Waals surface area (Å²) in [5, 5.41) is 5.33. The molecule has 0 bridgehead atoms. The van der Waals surface area contributed by atoms with Crippen LogP contribution in [-0.2, 0) is 4.74 Å². The number of ether oxygens (including phenoxy) is 1. The van der Waals surface area contributed by atoms with E-state index < -0.39 is 0 Å². The van der Waals surface area contributed by atoms with Crippen molar-refractivity contribution in [1.29, 1.82) is 0 Å². The quantitative estimate of drug-likeness (QED) is 0.609. The molecule has 1 aliphatic heterocycles. The summed E-state index contributed by atoms with van der Waals surface area (Å²) in [4.78, 5) is 17.0. The van der Waals surface area contributed by atoms with Crippen LogP contribution >= 0.6 is 0 Å². The monoisotopic (exact) mass is 431 g/mol. The number of hydrogen-bond donors (Lipinski definition) is 1. The van der Waals surface area contributed by atoms with Gasteiger partial charge in [0.1, 0.15) is 0 Å². The van der Waals surface area contributed by atoms with Gasteiger partial charge in [-0.1, -0.05) is 48.5 Å². The fraction of sp³-hybridized carbons (Fsp3) is 0.370. The fourth-order valence-electron chi connectivity index (χ4n) is 4.39. The van der Waals surface area contributed by atoms with E-state index in [0.29, 0.717) is 12.6 Å². The summed E-state index contributed by atoms with van der Waals surface area (Å²) in [5.74, 6) is 0.0500. The zero-order valence-electron chi connectivity index (χ0n) is 19.3. The Balaban J connectivity index is 1.57. The number of amides is 1. The van der Waals surface area contributed by atoms with Crippen molar-refractivity contribution in [1.82, 2.24) is 15.1 Å². The second-order valence-corrected chi connectivity index (χ2v) is 8.52. The van der Waals surface area contributed by atoms with Crippen molar-refractivity contribution in [2.75, 3.05) is 53.5 Å². The lowest BCUT2D eigenvalue weighted by Gasteiger charge is -2.32. The number of nitrogens with one attached hydrogen (secondary N) is 1. The molecule has 0 saturated carbocycles. The second-order valence-electron chi connectivity index (χ2n) is 8.52. The first-order valence-corrected chi connectivity index (χ1v) is 11.4. The van der Waals surface area contributed by atoms with Crippen molar-refractivity contribution in [2.45, 2.75) is 13.0 Å². The number of rotatable bonds is 7. The third-order valence-corrected chi connectivity index (χ3v) is 6.47. The minimum Gasteiger partial charge on any atom is -0.379 e. The first-order chi connectivity index (χ1) is 15.6. The zero-order valence-corrected chi connectivity index (χ0v) is 19.3. The van der Waals surface area contributed by atoms with Crippen molar-refractivity contribution in [2.24, 2.45) is 0 Å². The Morgan fingerprint density at radius 3 is 2.56 bits per heavy atom. The average Bonchev–Trinajstić information content (AvgIpc) is 2.86. The number of carbonyl (C=O) groups is 1. The summed E-state index contributed by atoms with van der Waals surface area (Å²) >= 11 is 0. The number of fused-ring (bicyclic) bond motifs is 1. The van der Waals surface area contributed by atoms with Gasteiger partial charge in [0, 0.05) is 44.8 Å². The van der Waals surface area contributed by atoms with Crippen LogP contribution in [0.25, 0.3) is 21.9 Å². The van der Waals surface area contributed by atoms with Crippen LogP contribution in [0.15, 0.2) is 60.7 Å². The highest BCUT2D eigenvalue weighted by Gasteiger charge is 2.18. The highest BCUT2D eigenvalue weighted by atomic mass is 16.5. The molecule has 0 radical (unpaired) electrons. The largest absolute Gasteiger partial charge is 0.379 e. The van der Waals surface area contributed by atoms with Crippen molar-refractivity contribution in [3.63, 3.8) is 0 Å². The smallest absolute Gasteiger partial charge is 0.253 e. The molecule has 32 heavy (non-hydrogen) atoms. The Morgan fingerprint density at radius 1 is 1.09 bits per heavy atom. The lowest BCUT2D eigenvalue weighted by molar-refractivity contribution is 0.0198. The molecule has 1 aliphatic rings. The molecule has 168 valence electrons. The Hall–Kier alpha value is -2.73. The maximum atomic E-state index is 12.8. The van der Waals surface area contributed by atoms with E-state index >= 15 is 0 Å². The summed E-state index contributed by atoms with van der Waals surface area (Å²) in [6.45, 7) is 7.32. The first kappa shape index (κ1) is 22.5. The molecular weight excluding hydrogens is 398 g/mol. The maximum absolute atomic E-state index is 12.8.